The summed E-state index contributed by atoms with van der Waals surface area (Å²) in [6, 6.07) is 14.1. The van der Waals surface area contributed by atoms with Crippen LogP contribution in [0.15, 0.2) is 47.4 Å². The van der Waals surface area contributed by atoms with Gasteiger partial charge < -0.3 is 14.6 Å². The van der Waals surface area contributed by atoms with Crippen molar-refractivity contribution in [1.29, 1.82) is 0 Å². The average molecular weight is 415 g/mol. The van der Waals surface area contributed by atoms with Crippen LogP contribution in [0.2, 0.25) is 5.02 Å². The molecule has 1 atom stereocenters. The predicted molar refractivity (Wildman–Crippen MR) is 116 cm³/mol. The smallest absolute Gasteiger partial charge is 0.267 e. The summed E-state index contributed by atoms with van der Waals surface area (Å²) in [7, 11) is 0. The number of carbonyl (C=O) groups excluding carboxylic acids is 1. The monoisotopic (exact) mass is 414 g/mol. The SMILES string of the molecule is CC[C@@H]1Cn2c(C(=O)NCCc3ccc(SC)cc3)cc3c(Cl)ccc(c32)O1. The lowest BCUT2D eigenvalue weighted by Gasteiger charge is -2.26. The van der Waals surface area contributed by atoms with Gasteiger partial charge >= 0.3 is 0 Å². The van der Waals surface area contributed by atoms with E-state index in [0.717, 1.165) is 29.5 Å². The molecule has 1 amide bonds. The fourth-order valence-electron chi connectivity index (χ4n) is 3.62. The van der Waals surface area contributed by atoms with Gasteiger partial charge in [-0.3, -0.25) is 4.79 Å². The highest BCUT2D eigenvalue weighted by molar-refractivity contribution is 7.98. The van der Waals surface area contributed by atoms with Gasteiger partial charge in [-0.05, 0) is 55.0 Å². The number of amides is 1. The predicted octanol–water partition coefficient (Wildman–Crippen LogP) is 5.16. The van der Waals surface area contributed by atoms with Crippen LogP contribution in [0, 0.1) is 0 Å². The molecule has 4 rings (SSSR count). The van der Waals surface area contributed by atoms with Crippen LogP contribution in [-0.2, 0) is 13.0 Å². The molecule has 0 spiro atoms. The molecule has 1 aromatic heterocycles. The first kappa shape index (κ1) is 19.2. The second-order valence-electron chi connectivity index (χ2n) is 6.95. The molecule has 6 heteroatoms. The summed E-state index contributed by atoms with van der Waals surface area (Å²) >= 11 is 8.10. The maximum atomic E-state index is 12.9. The summed E-state index contributed by atoms with van der Waals surface area (Å²) in [5.74, 6) is 0.723. The Morgan fingerprint density at radius 3 is 2.79 bits per heavy atom. The van der Waals surface area contributed by atoms with Gasteiger partial charge in [-0.2, -0.15) is 0 Å². The second kappa shape index (κ2) is 8.10. The number of aromatic nitrogens is 1. The number of halogens is 1. The van der Waals surface area contributed by atoms with E-state index in [1.165, 1.54) is 10.5 Å². The maximum Gasteiger partial charge on any atom is 0.267 e. The summed E-state index contributed by atoms with van der Waals surface area (Å²) in [4.78, 5) is 14.1. The molecule has 0 fully saturated rings. The summed E-state index contributed by atoms with van der Waals surface area (Å²) in [6.45, 7) is 3.34. The van der Waals surface area contributed by atoms with Crippen molar-refractivity contribution < 1.29 is 9.53 Å². The van der Waals surface area contributed by atoms with Crippen LogP contribution in [0.5, 0.6) is 5.75 Å². The molecule has 2 heterocycles. The molecule has 28 heavy (non-hydrogen) atoms. The maximum absolute atomic E-state index is 12.9. The number of rotatable bonds is 6. The second-order valence-corrected chi connectivity index (χ2v) is 8.24. The summed E-state index contributed by atoms with van der Waals surface area (Å²) in [5, 5.41) is 4.56. The first-order valence-electron chi connectivity index (χ1n) is 9.50. The number of hydrogen-bond donors (Lipinski definition) is 1. The Labute approximate surface area is 174 Å². The zero-order valence-electron chi connectivity index (χ0n) is 16.0. The van der Waals surface area contributed by atoms with Gasteiger partial charge in [0, 0.05) is 16.8 Å². The number of nitrogens with one attached hydrogen (secondary N) is 1. The lowest BCUT2D eigenvalue weighted by molar-refractivity contribution is 0.0938. The van der Waals surface area contributed by atoms with E-state index in [1.807, 2.05) is 18.2 Å². The Morgan fingerprint density at radius 1 is 1.29 bits per heavy atom. The Morgan fingerprint density at radius 2 is 2.07 bits per heavy atom. The Bertz CT molecular complexity index is 1010. The fourth-order valence-corrected chi connectivity index (χ4v) is 4.24. The number of benzene rings is 2. The quantitative estimate of drug-likeness (QED) is 0.566. The molecule has 3 aromatic rings. The molecule has 0 saturated heterocycles. The van der Waals surface area contributed by atoms with Gasteiger partial charge in [0.05, 0.1) is 17.1 Å². The molecule has 0 unspecified atom stereocenters. The summed E-state index contributed by atoms with van der Waals surface area (Å²) < 4.78 is 8.10. The van der Waals surface area contributed by atoms with E-state index in [4.69, 9.17) is 16.3 Å². The first-order chi connectivity index (χ1) is 13.6. The van der Waals surface area contributed by atoms with E-state index in [0.29, 0.717) is 23.8 Å². The third kappa shape index (κ3) is 3.61. The van der Waals surface area contributed by atoms with Crippen LogP contribution in [0.3, 0.4) is 0 Å². The van der Waals surface area contributed by atoms with Gasteiger partial charge in [0.25, 0.3) is 5.91 Å². The standard InChI is InChI=1S/C22H23ClN2O2S/c1-3-15-13-25-19(12-17-18(23)8-9-20(27-15)21(17)25)22(26)24-11-10-14-4-6-16(28-2)7-5-14/h4-9,12,15H,3,10-11,13H2,1-2H3,(H,24,26)/t15-/m1/s1. The highest BCUT2D eigenvalue weighted by atomic mass is 35.5. The van der Waals surface area contributed by atoms with Crippen LogP contribution in [0.25, 0.3) is 10.9 Å². The van der Waals surface area contributed by atoms with E-state index >= 15 is 0 Å². The molecular formula is C22H23ClN2O2S. The summed E-state index contributed by atoms with van der Waals surface area (Å²) in [6.07, 6.45) is 3.81. The fraction of sp³-hybridized carbons (Fsp3) is 0.318. The summed E-state index contributed by atoms with van der Waals surface area (Å²) in [5.41, 5.74) is 2.77. The minimum absolute atomic E-state index is 0.0609. The lowest BCUT2D eigenvalue weighted by atomic mass is 10.1. The van der Waals surface area contributed by atoms with Crippen molar-refractivity contribution in [1.82, 2.24) is 9.88 Å². The van der Waals surface area contributed by atoms with Crippen molar-refractivity contribution in [2.75, 3.05) is 12.8 Å². The first-order valence-corrected chi connectivity index (χ1v) is 11.1. The van der Waals surface area contributed by atoms with Gasteiger partial charge in [0.15, 0.2) is 0 Å². The Balaban J connectivity index is 1.53. The molecule has 146 valence electrons. The molecule has 0 saturated carbocycles. The molecular weight excluding hydrogens is 392 g/mol. The zero-order valence-corrected chi connectivity index (χ0v) is 17.6. The van der Waals surface area contributed by atoms with Crippen molar-refractivity contribution in [3.63, 3.8) is 0 Å². The molecule has 1 aliphatic heterocycles. The lowest BCUT2D eigenvalue weighted by Crippen LogP contribution is -2.32. The van der Waals surface area contributed by atoms with E-state index in [-0.39, 0.29) is 12.0 Å². The third-order valence-electron chi connectivity index (χ3n) is 5.19. The van der Waals surface area contributed by atoms with Crippen molar-refractivity contribution in [3.8, 4) is 5.75 Å². The minimum atomic E-state index is -0.0734. The Kier molecular flexibility index (Phi) is 5.56. The Hall–Kier alpha value is -2.11. The van der Waals surface area contributed by atoms with Crippen molar-refractivity contribution in [2.24, 2.45) is 0 Å². The topological polar surface area (TPSA) is 43.3 Å². The van der Waals surface area contributed by atoms with Gasteiger partial charge in [0.2, 0.25) is 0 Å². The van der Waals surface area contributed by atoms with Gasteiger partial charge in [-0.15, -0.1) is 11.8 Å². The third-order valence-corrected chi connectivity index (χ3v) is 6.27. The normalized spacial score (nSPS) is 15.5. The van der Waals surface area contributed by atoms with Crippen LogP contribution in [0.1, 0.15) is 29.4 Å². The number of carbonyl (C=O) groups is 1. The zero-order chi connectivity index (χ0) is 19.7. The molecule has 0 bridgehead atoms. The van der Waals surface area contributed by atoms with E-state index < -0.39 is 0 Å². The molecule has 1 N–H and O–H groups in total. The largest absolute Gasteiger partial charge is 0.486 e. The van der Waals surface area contributed by atoms with E-state index in [9.17, 15) is 4.79 Å². The van der Waals surface area contributed by atoms with E-state index in [2.05, 4.69) is 47.3 Å². The van der Waals surface area contributed by atoms with Crippen molar-refractivity contribution in [2.45, 2.75) is 37.3 Å². The number of nitrogens with zero attached hydrogens (tertiary/aromatic N) is 1. The highest BCUT2D eigenvalue weighted by Gasteiger charge is 2.26. The van der Waals surface area contributed by atoms with Crippen LogP contribution >= 0.6 is 23.4 Å². The number of ether oxygens (including phenoxy) is 1. The minimum Gasteiger partial charge on any atom is -0.486 e. The average Bonchev–Trinajstić information content (AvgIpc) is 3.12. The van der Waals surface area contributed by atoms with Crippen LogP contribution in [0.4, 0.5) is 0 Å². The molecule has 1 aliphatic rings. The van der Waals surface area contributed by atoms with Crippen molar-refractivity contribution in [3.05, 3.63) is 58.7 Å². The highest BCUT2D eigenvalue weighted by Crippen LogP contribution is 2.38. The molecule has 2 aromatic carbocycles. The van der Waals surface area contributed by atoms with Gasteiger partial charge in [-0.25, -0.2) is 0 Å². The van der Waals surface area contributed by atoms with Crippen molar-refractivity contribution >= 4 is 40.2 Å². The molecule has 0 aliphatic carbocycles. The van der Waals surface area contributed by atoms with E-state index in [1.54, 1.807) is 11.8 Å². The van der Waals surface area contributed by atoms with Gasteiger partial charge in [0.1, 0.15) is 17.5 Å². The molecule has 4 nitrogen and oxygen atoms in total. The van der Waals surface area contributed by atoms with Crippen LogP contribution in [-0.4, -0.2) is 29.4 Å². The number of hydrogen-bond acceptors (Lipinski definition) is 3. The molecule has 0 radical (unpaired) electrons. The number of thioether (sulfide) groups is 1. The van der Waals surface area contributed by atoms with Crippen LogP contribution < -0.4 is 10.1 Å². The van der Waals surface area contributed by atoms with Gasteiger partial charge in [-0.1, -0.05) is 30.7 Å².